The molecule has 1 unspecified atom stereocenters. The second kappa shape index (κ2) is 11.2. The highest BCUT2D eigenvalue weighted by atomic mass is 19.1. The average molecular weight is 505 g/mol. The van der Waals surface area contributed by atoms with Gasteiger partial charge in [-0.1, -0.05) is 0 Å². The Kier molecular flexibility index (Phi) is 8.30. The number of halogens is 1. The van der Waals surface area contributed by atoms with Crippen molar-refractivity contribution in [2.75, 3.05) is 32.1 Å². The van der Waals surface area contributed by atoms with Gasteiger partial charge in [0.2, 0.25) is 5.43 Å². The molecule has 1 aliphatic carbocycles. The molecule has 4 N–H and O–H groups in total. The SMILES string of the molecule is CNC1CCCN(c2c(F)cc3c(=O)c(C(=O)O)cn(C4CC4)c3c2OC)C1.O=C(O)/C=C/C(=O)O. The number of carboxylic acids is 3. The summed E-state index contributed by atoms with van der Waals surface area (Å²) < 4.78 is 22.6. The van der Waals surface area contributed by atoms with Crippen molar-refractivity contribution >= 4 is 34.5 Å². The fourth-order valence-electron chi connectivity index (χ4n) is 4.28. The number of carbonyl (C=O) groups is 3. The number of pyridine rings is 1. The predicted octanol–water partition coefficient (Wildman–Crippen LogP) is 2.08. The first kappa shape index (κ1) is 26.7. The lowest BCUT2D eigenvalue weighted by Gasteiger charge is -2.35. The van der Waals surface area contributed by atoms with Gasteiger partial charge in [0.05, 0.1) is 18.0 Å². The summed E-state index contributed by atoms with van der Waals surface area (Å²) in [5.41, 5.74) is -0.216. The minimum atomic E-state index is -1.31. The third kappa shape index (κ3) is 5.82. The molecule has 2 aromatic rings. The highest BCUT2D eigenvalue weighted by molar-refractivity contribution is 5.97. The van der Waals surface area contributed by atoms with Crippen molar-refractivity contribution in [2.24, 2.45) is 0 Å². The molecule has 1 aromatic carbocycles. The van der Waals surface area contributed by atoms with Gasteiger partial charge in [-0.25, -0.2) is 18.8 Å². The molecule has 194 valence electrons. The Morgan fingerprint density at radius 2 is 1.78 bits per heavy atom. The predicted molar refractivity (Wildman–Crippen MR) is 129 cm³/mol. The van der Waals surface area contributed by atoms with Crippen molar-refractivity contribution in [2.45, 2.75) is 37.8 Å². The summed E-state index contributed by atoms with van der Waals surface area (Å²) in [7, 11) is 3.35. The van der Waals surface area contributed by atoms with Gasteiger partial charge in [0.15, 0.2) is 11.6 Å². The van der Waals surface area contributed by atoms with Crippen molar-refractivity contribution in [1.82, 2.24) is 9.88 Å². The molecular formula is C24H28FN3O8. The number of methoxy groups -OCH3 is 1. The second-order valence-corrected chi connectivity index (χ2v) is 8.54. The first-order valence-corrected chi connectivity index (χ1v) is 11.3. The number of fused-ring (bicyclic) bond motifs is 1. The first-order valence-electron chi connectivity index (χ1n) is 11.3. The highest BCUT2D eigenvalue weighted by Gasteiger charge is 2.32. The van der Waals surface area contributed by atoms with Gasteiger partial charge in [-0.3, -0.25) is 4.79 Å². The van der Waals surface area contributed by atoms with Crippen LogP contribution in [0.15, 0.2) is 29.2 Å². The molecule has 1 saturated heterocycles. The van der Waals surface area contributed by atoms with Crippen molar-refractivity contribution in [3.8, 4) is 5.75 Å². The van der Waals surface area contributed by atoms with Gasteiger partial charge >= 0.3 is 17.9 Å². The van der Waals surface area contributed by atoms with E-state index in [1.54, 1.807) is 4.57 Å². The van der Waals surface area contributed by atoms with Crippen molar-refractivity contribution in [3.63, 3.8) is 0 Å². The number of hydrogen-bond donors (Lipinski definition) is 4. The Morgan fingerprint density at radius 1 is 1.14 bits per heavy atom. The Bertz CT molecular complexity index is 1250. The molecule has 4 rings (SSSR count). The molecule has 2 aliphatic rings. The number of likely N-dealkylation sites (N-methyl/N-ethyl adjacent to an activating group) is 1. The average Bonchev–Trinajstić information content (AvgIpc) is 3.68. The smallest absolute Gasteiger partial charge is 0.341 e. The van der Waals surface area contributed by atoms with Gasteiger partial charge in [0.25, 0.3) is 0 Å². The monoisotopic (exact) mass is 505 g/mol. The number of aromatic nitrogens is 1. The number of anilines is 1. The Morgan fingerprint density at radius 3 is 2.28 bits per heavy atom. The van der Waals surface area contributed by atoms with Crippen LogP contribution in [0, 0.1) is 5.82 Å². The topological polar surface area (TPSA) is 158 Å². The third-order valence-corrected chi connectivity index (χ3v) is 6.09. The molecule has 0 spiro atoms. The van der Waals surface area contributed by atoms with E-state index in [2.05, 4.69) is 5.32 Å². The summed E-state index contributed by atoms with van der Waals surface area (Å²) in [5, 5.41) is 28.3. The lowest BCUT2D eigenvalue weighted by atomic mass is 10.0. The van der Waals surface area contributed by atoms with E-state index in [0.29, 0.717) is 42.2 Å². The fourth-order valence-corrected chi connectivity index (χ4v) is 4.28. The number of rotatable bonds is 7. The summed E-state index contributed by atoms with van der Waals surface area (Å²) in [4.78, 5) is 45.3. The minimum absolute atomic E-state index is 0.0482. The first-order chi connectivity index (χ1) is 17.1. The maximum Gasteiger partial charge on any atom is 0.341 e. The Hall–Kier alpha value is -3.93. The van der Waals surface area contributed by atoms with E-state index in [-0.39, 0.29) is 23.0 Å². The van der Waals surface area contributed by atoms with Crippen LogP contribution in [0.2, 0.25) is 0 Å². The molecule has 11 nitrogen and oxygen atoms in total. The van der Waals surface area contributed by atoms with Gasteiger partial charge in [-0.05, 0) is 38.8 Å². The van der Waals surface area contributed by atoms with E-state index in [4.69, 9.17) is 14.9 Å². The number of piperidine rings is 1. The second-order valence-electron chi connectivity index (χ2n) is 8.54. The molecule has 1 saturated carbocycles. The normalized spacial score (nSPS) is 17.5. The van der Waals surface area contributed by atoms with E-state index < -0.39 is 29.2 Å². The number of ether oxygens (including phenoxy) is 1. The van der Waals surface area contributed by atoms with Gasteiger partial charge in [0.1, 0.15) is 11.3 Å². The van der Waals surface area contributed by atoms with Crippen LogP contribution in [0.1, 0.15) is 42.1 Å². The van der Waals surface area contributed by atoms with E-state index in [9.17, 15) is 24.3 Å². The van der Waals surface area contributed by atoms with Gasteiger partial charge in [-0.2, -0.15) is 0 Å². The van der Waals surface area contributed by atoms with Crippen LogP contribution in [0.5, 0.6) is 5.75 Å². The van der Waals surface area contributed by atoms with E-state index >= 15 is 4.39 Å². The lowest BCUT2D eigenvalue weighted by Crippen LogP contribution is -2.45. The number of hydrogen-bond acceptors (Lipinski definition) is 7. The molecule has 1 atom stereocenters. The molecular weight excluding hydrogens is 477 g/mol. The zero-order valence-corrected chi connectivity index (χ0v) is 19.9. The Balaban J connectivity index is 0.000000392. The summed E-state index contributed by atoms with van der Waals surface area (Å²) in [6.07, 6.45) is 6.20. The number of benzene rings is 1. The van der Waals surface area contributed by atoms with Gasteiger partial charge in [0, 0.05) is 43.5 Å². The van der Waals surface area contributed by atoms with Crippen molar-refractivity contribution in [3.05, 3.63) is 46.0 Å². The van der Waals surface area contributed by atoms with Crippen LogP contribution in [-0.4, -0.2) is 71.1 Å². The molecule has 12 heteroatoms. The summed E-state index contributed by atoms with van der Waals surface area (Å²) >= 11 is 0. The summed E-state index contributed by atoms with van der Waals surface area (Å²) in [5.74, 6) is -4.09. The van der Waals surface area contributed by atoms with Crippen LogP contribution >= 0.6 is 0 Å². The maximum atomic E-state index is 15.2. The zero-order valence-electron chi connectivity index (χ0n) is 19.9. The lowest BCUT2D eigenvalue weighted by molar-refractivity contribution is -0.134. The largest absolute Gasteiger partial charge is 0.492 e. The number of carboxylic acid groups (broad SMARTS) is 3. The van der Waals surface area contributed by atoms with Crippen LogP contribution in [0.4, 0.5) is 10.1 Å². The number of aromatic carboxylic acids is 1. The Labute approximate surface area is 205 Å². The molecule has 2 fully saturated rings. The fraction of sp³-hybridized carbons (Fsp3) is 0.417. The molecule has 36 heavy (non-hydrogen) atoms. The molecule has 1 aliphatic heterocycles. The standard InChI is InChI=1S/C20H24FN3O4.C4H4O4/c1-22-11-4-3-7-23(9-11)17-15(21)8-13-16(19(17)28-2)24(12-5-6-12)10-14(18(13)25)20(26)27;5-3(6)1-2-4(7)8/h8,10-12,22H,3-7,9H2,1-2H3,(H,26,27);1-2H,(H,5,6)(H,7,8)/b;2-1+. The van der Waals surface area contributed by atoms with Gasteiger partial charge in [-0.15, -0.1) is 0 Å². The number of aliphatic carboxylic acids is 2. The summed E-state index contributed by atoms with van der Waals surface area (Å²) in [6.45, 7) is 1.33. The number of nitrogens with one attached hydrogen (secondary N) is 1. The molecule has 0 bridgehead atoms. The molecule has 0 amide bonds. The van der Waals surface area contributed by atoms with Crippen molar-refractivity contribution < 1.29 is 38.8 Å². The van der Waals surface area contributed by atoms with E-state index in [1.165, 1.54) is 19.4 Å². The van der Waals surface area contributed by atoms with Crippen LogP contribution in [-0.2, 0) is 9.59 Å². The summed E-state index contributed by atoms with van der Waals surface area (Å²) in [6, 6.07) is 1.51. The van der Waals surface area contributed by atoms with E-state index in [0.717, 1.165) is 25.7 Å². The number of nitrogens with zero attached hydrogens (tertiary/aromatic N) is 2. The van der Waals surface area contributed by atoms with Crippen LogP contribution < -0.4 is 20.4 Å². The van der Waals surface area contributed by atoms with Crippen LogP contribution in [0.25, 0.3) is 10.9 Å². The van der Waals surface area contributed by atoms with E-state index in [1.807, 2.05) is 11.9 Å². The molecule has 2 heterocycles. The molecule has 0 radical (unpaired) electrons. The maximum absolute atomic E-state index is 15.2. The highest BCUT2D eigenvalue weighted by Crippen LogP contribution is 2.44. The third-order valence-electron chi connectivity index (χ3n) is 6.09. The zero-order chi connectivity index (χ0) is 26.6. The quantitative estimate of drug-likeness (QED) is 0.411. The molecule has 1 aromatic heterocycles. The van der Waals surface area contributed by atoms with Crippen molar-refractivity contribution in [1.29, 1.82) is 0 Å². The van der Waals surface area contributed by atoms with Crippen LogP contribution in [0.3, 0.4) is 0 Å². The minimum Gasteiger partial charge on any atom is -0.492 e. The van der Waals surface area contributed by atoms with Gasteiger partial charge < -0.3 is 34.8 Å².